The Morgan fingerprint density at radius 3 is 2.68 bits per heavy atom. The number of likely N-dealkylation sites (N-methyl/N-ethyl adjacent to an activating group) is 1. The number of amides is 1. The molecular formula is C18H25N5O2. The van der Waals surface area contributed by atoms with E-state index in [0.29, 0.717) is 18.1 Å². The van der Waals surface area contributed by atoms with Crippen molar-refractivity contribution in [2.45, 2.75) is 6.42 Å². The first kappa shape index (κ1) is 18.7. The number of hydrogen-bond acceptors (Lipinski definition) is 6. The van der Waals surface area contributed by atoms with Gasteiger partial charge in [0.1, 0.15) is 11.6 Å². The van der Waals surface area contributed by atoms with Crippen molar-refractivity contribution < 1.29 is 9.53 Å². The minimum absolute atomic E-state index is 0.211. The predicted octanol–water partition coefficient (Wildman–Crippen LogP) is 1.43. The molecule has 0 atom stereocenters. The van der Waals surface area contributed by atoms with Gasteiger partial charge in [-0.15, -0.1) is 10.2 Å². The molecule has 0 aliphatic rings. The van der Waals surface area contributed by atoms with E-state index in [4.69, 9.17) is 4.74 Å². The maximum Gasteiger partial charge on any atom is 0.271 e. The summed E-state index contributed by atoms with van der Waals surface area (Å²) in [6.07, 6.45) is 0.839. The predicted molar refractivity (Wildman–Crippen MR) is 98.1 cm³/mol. The fourth-order valence-corrected chi connectivity index (χ4v) is 2.19. The number of aromatic nitrogens is 2. The highest BCUT2D eigenvalue weighted by Gasteiger charge is 2.07. The fourth-order valence-electron chi connectivity index (χ4n) is 2.19. The zero-order chi connectivity index (χ0) is 18.1. The summed E-state index contributed by atoms with van der Waals surface area (Å²) >= 11 is 0. The van der Waals surface area contributed by atoms with Crippen LogP contribution in [0.25, 0.3) is 0 Å². The summed E-state index contributed by atoms with van der Waals surface area (Å²) in [6, 6.07) is 11.4. The molecule has 1 heterocycles. The largest absolute Gasteiger partial charge is 0.497 e. The smallest absolute Gasteiger partial charge is 0.271 e. The Bertz CT molecular complexity index is 673. The van der Waals surface area contributed by atoms with E-state index in [1.165, 1.54) is 5.56 Å². The average molecular weight is 343 g/mol. The van der Waals surface area contributed by atoms with Crippen LogP contribution in [0.5, 0.6) is 5.75 Å². The molecule has 0 fully saturated rings. The Hall–Kier alpha value is -2.67. The van der Waals surface area contributed by atoms with Gasteiger partial charge >= 0.3 is 0 Å². The van der Waals surface area contributed by atoms with Crippen molar-refractivity contribution in [3.63, 3.8) is 0 Å². The monoisotopic (exact) mass is 343 g/mol. The van der Waals surface area contributed by atoms with Gasteiger partial charge in [-0.1, -0.05) is 12.1 Å². The Morgan fingerprint density at radius 1 is 1.16 bits per heavy atom. The van der Waals surface area contributed by atoms with Gasteiger partial charge in [-0.05, 0) is 50.3 Å². The number of hydrogen-bond donors (Lipinski definition) is 2. The molecule has 1 aromatic carbocycles. The van der Waals surface area contributed by atoms with Gasteiger partial charge in [0, 0.05) is 19.6 Å². The number of carbonyl (C=O) groups excluding carboxylic acids is 1. The van der Waals surface area contributed by atoms with Crippen LogP contribution in [-0.4, -0.2) is 61.8 Å². The zero-order valence-electron chi connectivity index (χ0n) is 15.0. The van der Waals surface area contributed by atoms with Crippen molar-refractivity contribution in [3.05, 3.63) is 47.7 Å². The maximum atomic E-state index is 11.9. The number of nitrogens with one attached hydrogen (secondary N) is 2. The molecule has 0 aliphatic carbocycles. The van der Waals surface area contributed by atoms with Crippen LogP contribution in [-0.2, 0) is 6.42 Å². The first-order valence-corrected chi connectivity index (χ1v) is 8.22. The van der Waals surface area contributed by atoms with Crippen LogP contribution in [0, 0.1) is 0 Å². The van der Waals surface area contributed by atoms with Gasteiger partial charge in [0.15, 0.2) is 5.69 Å². The third-order valence-electron chi connectivity index (χ3n) is 3.60. The number of ether oxygens (including phenoxy) is 1. The molecule has 0 aliphatic heterocycles. The molecule has 0 saturated carbocycles. The summed E-state index contributed by atoms with van der Waals surface area (Å²) in [7, 11) is 5.57. The molecule has 0 spiro atoms. The molecule has 134 valence electrons. The molecule has 25 heavy (non-hydrogen) atoms. The number of benzene rings is 1. The highest BCUT2D eigenvalue weighted by atomic mass is 16.5. The molecule has 2 rings (SSSR count). The van der Waals surface area contributed by atoms with E-state index in [0.717, 1.165) is 25.3 Å². The van der Waals surface area contributed by atoms with Crippen LogP contribution >= 0.6 is 0 Å². The minimum Gasteiger partial charge on any atom is -0.497 e. The normalized spacial score (nSPS) is 10.6. The van der Waals surface area contributed by atoms with Crippen molar-refractivity contribution in [2.75, 3.05) is 46.2 Å². The lowest BCUT2D eigenvalue weighted by molar-refractivity contribution is 0.0945. The Balaban J connectivity index is 1.78. The summed E-state index contributed by atoms with van der Waals surface area (Å²) in [5.74, 6) is 1.28. The van der Waals surface area contributed by atoms with Crippen molar-refractivity contribution in [3.8, 4) is 5.75 Å². The molecule has 0 radical (unpaired) electrons. The third-order valence-corrected chi connectivity index (χ3v) is 3.60. The second kappa shape index (κ2) is 9.58. The topological polar surface area (TPSA) is 79.4 Å². The van der Waals surface area contributed by atoms with E-state index in [1.54, 1.807) is 19.2 Å². The SMILES string of the molecule is COc1cccc(CCNc2ccc(C(=O)NCCN(C)C)nn2)c1. The van der Waals surface area contributed by atoms with E-state index in [-0.39, 0.29) is 5.91 Å². The highest BCUT2D eigenvalue weighted by molar-refractivity contribution is 5.92. The molecule has 1 amide bonds. The van der Waals surface area contributed by atoms with Crippen LogP contribution in [0.15, 0.2) is 36.4 Å². The highest BCUT2D eigenvalue weighted by Crippen LogP contribution is 2.13. The quantitative estimate of drug-likeness (QED) is 0.717. The fraction of sp³-hybridized carbons (Fsp3) is 0.389. The Kier molecular flexibility index (Phi) is 7.16. The molecule has 2 aromatic rings. The summed E-state index contributed by atoms with van der Waals surface area (Å²) in [5.41, 5.74) is 1.49. The van der Waals surface area contributed by atoms with E-state index in [1.807, 2.05) is 37.2 Å². The summed E-state index contributed by atoms with van der Waals surface area (Å²) in [6.45, 7) is 2.08. The lowest BCUT2D eigenvalue weighted by Gasteiger charge is -2.10. The second-order valence-electron chi connectivity index (χ2n) is 5.89. The standard InChI is InChI=1S/C18H25N5O2/c1-23(2)12-11-20-18(24)16-7-8-17(22-21-16)19-10-9-14-5-4-6-15(13-14)25-3/h4-8,13H,9-12H2,1-3H3,(H,19,22)(H,20,24). The second-order valence-corrected chi connectivity index (χ2v) is 5.89. The minimum atomic E-state index is -0.211. The van der Waals surface area contributed by atoms with Gasteiger partial charge in [0.25, 0.3) is 5.91 Å². The first-order valence-electron chi connectivity index (χ1n) is 8.22. The number of rotatable bonds is 9. The van der Waals surface area contributed by atoms with Crippen molar-refractivity contribution >= 4 is 11.7 Å². The number of anilines is 1. The van der Waals surface area contributed by atoms with Crippen molar-refractivity contribution in [1.29, 1.82) is 0 Å². The van der Waals surface area contributed by atoms with Crippen molar-refractivity contribution in [1.82, 2.24) is 20.4 Å². The molecule has 1 aromatic heterocycles. The number of methoxy groups -OCH3 is 1. The van der Waals surface area contributed by atoms with E-state index in [9.17, 15) is 4.79 Å². The molecule has 0 bridgehead atoms. The molecule has 7 heteroatoms. The summed E-state index contributed by atoms with van der Waals surface area (Å²) in [5, 5.41) is 14.0. The molecule has 0 saturated heterocycles. The Morgan fingerprint density at radius 2 is 2.00 bits per heavy atom. The van der Waals surface area contributed by atoms with Gasteiger partial charge in [-0.25, -0.2) is 0 Å². The van der Waals surface area contributed by atoms with E-state index >= 15 is 0 Å². The van der Waals surface area contributed by atoms with Gasteiger partial charge in [-0.3, -0.25) is 4.79 Å². The summed E-state index contributed by atoms with van der Waals surface area (Å²) in [4.78, 5) is 13.9. The first-order chi connectivity index (χ1) is 12.1. The third kappa shape index (κ3) is 6.39. The molecule has 2 N–H and O–H groups in total. The maximum absolute atomic E-state index is 11.9. The van der Waals surface area contributed by atoms with Gasteiger partial charge in [0.2, 0.25) is 0 Å². The van der Waals surface area contributed by atoms with Gasteiger partial charge in [-0.2, -0.15) is 0 Å². The van der Waals surface area contributed by atoms with Crippen LogP contribution < -0.4 is 15.4 Å². The van der Waals surface area contributed by atoms with E-state index < -0.39 is 0 Å². The van der Waals surface area contributed by atoms with Crippen LogP contribution in [0.1, 0.15) is 16.1 Å². The van der Waals surface area contributed by atoms with E-state index in [2.05, 4.69) is 26.9 Å². The van der Waals surface area contributed by atoms with Gasteiger partial charge in [0.05, 0.1) is 7.11 Å². The number of carbonyl (C=O) groups is 1. The van der Waals surface area contributed by atoms with Gasteiger partial charge < -0.3 is 20.3 Å². The Labute approximate surface area is 148 Å². The van der Waals surface area contributed by atoms with Crippen LogP contribution in [0.4, 0.5) is 5.82 Å². The molecule has 0 unspecified atom stereocenters. The van der Waals surface area contributed by atoms with Crippen LogP contribution in [0.3, 0.4) is 0 Å². The molecule has 7 nitrogen and oxygen atoms in total. The van der Waals surface area contributed by atoms with Crippen LogP contribution in [0.2, 0.25) is 0 Å². The molecular weight excluding hydrogens is 318 g/mol. The number of nitrogens with zero attached hydrogens (tertiary/aromatic N) is 3. The zero-order valence-corrected chi connectivity index (χ0v) is 15.0. The lowest BCUT2D eigenvalue weighted by atomic mass is 10.1. The summed E-state index contributed by atoms with van der Waals surface area (Å²) < 4.78 is 5.21. The lowest BCUT2D eigenvalue weighted by Crippen LogP contribution is -2.31. The van der Waals surface area contributed by atoms with Crippen molar-refractivity contribution in [2.24, 2.45) is 0 Å². The average Bonchev–Trinajstić information content (AvgIpc) is 2.62.